The molecule has 1 aromatic carbocycles. The van der Waals surface area contributed by atoms with Crippen LogP contribution in [0.15, 0.2) is 39.6 Å². The normalized spacial score (nSPS) is 11.2. The van der Waals surface area contributed by atoms with Crippen molar-refractivity contribution in [2.75, 3.05) is 0 Å². The molecule has 0 amide bonds. The van der Waals surface area contributed by atoms with Crippen molar-refractivity contribution in [1.82, 2.24) is 4.72 Å². The summed E-state index contributed by atoms with van der Waals surface area (Å²) in [6.07, 6.45) is 0. The van der Waals surface area contributed by atoms with E-state index in [0.29, 0.717) is 16.9 Å². The van der Waals surface area contributed by atoms with Crippen LogP contribution < -0.4 is 4.72 Å². The molecule has 0 spiro atoms. The summed E-state index contributed by atoms with van der Waals surface area (Å²) in [5.41, 5.74) is 1.09. The number of nitrogens with zero attached hydrogens (tertiary/aromatic N) is 1. The maximum Gasteiger partial charge on any atom is 0.240 e. The van der Waals surface area contributed by atoms with E-state index in [1.54, 1.807) is 26.0 Å². The van der Waals surface area contributed by atoms with Gasteiger partial charge in [-0.2, -0.15) is 5.26 Å². The molecule has 6 heteroatoms. The molecule has 0 saturated carbocycles. The third kappa shape index (κ3) is 3.07. The van der Waals surface area contributed by atoms with E-state index in [0.717, 1.165) is 5.76 Å². The Hall–Kier alpha value is -2.10. The van der Waals surface area contributed by atoms with Gasteiger partial charge in [0.1, 0.15) is 11.5 Å². The quantitative estimate of drug-likeness (QED) is 0.936. The van der Waals surface area contributed by atoms with E-state index >= 15 is 0 Å². The van der Waals surface area contributed by atoms with Gasteiger partial charge in [-0.3, -0.25) is 0 Å². The SMILES string of the molecule is Cc1ccc(CNS(=O)(=O)c2ccc(C#N)c(C)c2)o1. The van der Waals surface area contributed by atoms with Gasteiger partial charge < -0.3 is 4.42 Å². The molecular formula is C14H14N2O3S. The number of rotatable bonds is 4. The molecule has 1 heterocycles. The van der Waals surface area contributed by atoms with Crippen molar-refractivity contribution in [1.29, 1.82) is 5.26 Å². The van der Waals surface area contributed by atoms with E-state index in [4.69, 9.17) is 9.68 Å². The highest BCUT2D eigenvalue weighted by atomic mass is 32.2. The van der Waals surface area contributed by atoms with Gasteiger partial charge in [0, 0.05) is 0 Å². The van der Waals surface area contributed by atoms with Crippen LogP contribution in [-0.4, -0.2) is 8.42 Å². The van der Waals surface area contributed by atoms with Crippen LogP contribution in [0.4, 0.5) is 0 Å². The molecule has 0 aliphatic heterocycles. The molecule has 1 N–H and O–H groups in total. The van der Waals surface area contributed by atoms with Crippen molar-refractivity contribution in [2.45, 2.75) is 25.3 Å². The molecule has 0 aliphatic rings. The van der Waals surface area contributed by atoms with Crippen LogP contribution in [-0.2, 0) is 16.6 Å². The highest BCUT2D eigenvalue weighted by Gasteiger charge is 2.15. The predicted molar refractivity (Wildman–Crippen MR) is 73.4 cm³/mol. The summed E-state index contributed by atoms with van der Waals surface area (Å²) in [4.78, 5) is 0.136. The largest absolute Gasteiger partial charge is 0.465 e. The fourth-order valence-electron chi connectivity index (χ4n) is 1.76. The lowest BCUT2D eigenvalue weighted by molar-refractivity contribution is 0.475. The van der Waals surface area contributed by atoms with E-state index in [-0.39, 0.29) is 11.4 Å². The Kier molecular flexibility index (Phi) is 3.93. The van der Waals surface area contributed by atoms with Crippen molar-refractivity contribution in [3.63, 3.8) is 0 Å². The Morgan fingerprint density at radius 3 is 2.55 bits per heavy atom. The van der Waals surface area contributed by atoms with Gasteiger partial charge in [0.05, 0.1) is 23.1 Å². The van der Waals surface area contributed by atoms with Gasteiger partial charge in [-0.05, 0) is 49.7 Å². The summed E-state index contributed by atoms with van der Waals surface area (Å²) in [5.74, 6) is 1.28. The van der Waals surface area contributed by atoms with Crippen LogP contribution >= 0.6 is 0 Å². The Morgan fingerprint density at radius 1 is 1.25 bits per heavy atom. The van der Waals surface area contributed by atoms with Crippen molar-refractivity contribution in [3.05, 3.63) is 53.0 Å². The number of hydrogen-bond donors (Lipinski definition) is 1. The molecule has 0 unspecified atom stereocenters. The summed E-state index contributed by atoms with van der Waals surface area (Å²) in [6.45, 7) is 3.59. The van der Waals surface area contributed by atoms with Crippen molar-refractivity contribution < 1.29 is 12.8 Å². The first-order valence-electron chi connectivity index (χ1n) is 5.98. The van der Waals surface area contributed by atoms with Gasteiger partial charge in [-0.1, -0.05) is 0 Å². The number of nitrogens with one attached hydrogen (secondary N) is 1. The number of hydrogen-bond acceptors (Lipinski definition) is 4. The number of benzene rings is 1. The van der Waals surface area contributed by atoms with E-state index in [1.807, 2.05) is 6.07 Å². The zero-order valence-electron chi connectivity index (χ0n) is 11.2. The molecule has 20 heavy (non-hydrogen) atoms. The molecule has 2 rings (SSSR count). The van der Waals surface area contributed by atoms with Crippen molar-refractivity contribution in [2.24, 2.45) is 0 Å². The fraction of sp³-hybridized carbons (Fsp3) is 0.214. The van der Waals surface area contributed by atoms with Gasteiger partial charge in [0.15, 0.2) is 0 Å². The van der Waals surface area contributed by atoms with Gasteiger partial charge in [-0.25, -0.2) is 13.1 Å². The molecule has 0 fully saturated rings. The molecule has 0 saturated heterocycles. The maximum absolute atomic E-state index is 12.1. The summed E-state index contributed by atoms with van der Waals surface area (Å²) < 4.78 is 32.0. The molecular weight excluding hydrogens is 276 g/mol. The zero-order valence-corrected chi connectivity index (χ0v) is 12.0. The first kappa shape index (κ1) is 14.3. The average molecular weight is 290 g/mol. The van der Waals surface area contributed by atoms with E-state index in [2.05, 4.69) is 4.72 Å². The van der Waals surface area contributed by atoms with E-state index in [9.17, 15) is 8.42 Å². The topological polar surface area (TPSA) is 83.1 Å². The summed E-state index contributed by atoms with van der Waals surface area (Å²) in [7, 11) is -3.62. The Bertz CT molecular complexity index is 770. The fourth-order valence-corrected chi connectivity index (χ4v) is 2.84. The highest BCUT2D eigenvalue weighted by Crippen LogP contribution is 2.15. The van der Waals surface area contributed by atoms with Gasteiger partial charge in [0.25, 0.3) is 0 Å². The number of furan rings is 1. The highest BCUT2D eigenvalue weighted by molar-refractivity contribution is 7.89. The molecule has 2 aromatic rings. The number of aryl methyl sites for hydroxylation is 2. The molecule has 1 aromatic heterocycles. The van der Waals surface area contributed by atoms with Gasteiger partial charge in [0.2, 0.25) is 10.0 Å². The van der Waals surface area contributed by atoms with E-state index in [1.165, 1.54) is 18.2 Å². The standard InChI is InChI=1S/C14H14N2O3S/c1-10-7-14(6-4-12(10)8-15)20(17,18)16-9-13-5-3-11(2)19-13/h3-7,16H,9H2,1-2H3. The molecule has 5 nitrogen and oxygen atoms in total. The predicted octanol–water partition coefficient (Wildman–Crippen LogP) is 2.25. The van der Waals surface area contributed by atoms with Crippen LogP contribution in [0, 0.1) is 25.2 Å². The zero-order chi connectivity index (χ0) is 14.8. The minimum atomic E-state index is -3.62. The lowest BCUT2D eigenvalue weighted by Crippen LogP contribution is -2.23. The summed E-state index contributed by atoms with van der Waals surface area (Å²) in [5, 5.41) is 8.84. The van der Waals surface area contributed by atoms with Crippen molar-refractivity contribution >= 4 is 10.0 Å². The van der Waals surface area contributed by atoms with Crippen LogP contribution in [0.1, 0.15) is 22.6 Å². The van der Waals surface area contributed by atoms with Crippen molar-refractivity contribution in [3.8, 4) is 6.07 Å². The van der Waals surface area contributed by atoms with Gasteiger partial charge in [-0.15, -0.1) is 0 Å². The Morgan fingerprint density at radius 2 is 2.00 bits per heavy atom. The molecule has 0 aliphatic carbocycles. The lowest BCUT2D eigenvalue weighted by Gasteiger charge is -2.07. The smallest absolute Gasteiger partial charge is 0.240 e. The third-order valence-electron chi connectivity index (χ3n) is 2.86. The molecule has 0 radical (unpaired) electrons. The summed E-state index contributed by atoms with van der Waals surface area (Å²) >= 11 is 0. The molecule has 104 valence electrons. The number of sulfonamides is 1. The molecule has 0 bridgehead atoms. The second-order valence-electron chi connectivity index (χ2n) is 4.43. The summed E-state index contributed by atoms with van der Waals surface area (Å²) in [6, 6.07) is 9.90. The first-order chi connectivity index (χ1) is 9.42. The maximum atomic E-state index is 12.1. The second kappa shape index (κ2) is 5.49. The van der Waals surface area contributed by atoms with Crippen LogP contribution in [0.25, 0.3) is 0 Å². The van der Waals surface area contributed by atoms with E-state index < -0.39 is 10.0 Å². The van der Waals surface area contributed by atoms with Crippen LogP contribution in [0.5, 0.6) is 0 Å². The first-order valence-corrected chi connectivity index (χ1v) is 7.46. The monoisotopic (exact) mass is 290 g/mol. The number of nitriles is 1. The Labute approximate surface area is 117 Å². The minimum Gasteiger partial charge on any atom is -0.465 e. The van der Waals surface area contributed by atoms with Crippen LogP contribution in [0.2, 0.25) is 0 Å². The Balaban J connectivity index is 2.18. The van der Waals surface area contributed by atoms with Gasteiger partial charge >= 0.3 is 0 Å². The lowest BCUT2D eigenvalue weighted by atomic mass is 10.1. The third-order valence-corrected chi connectivity index (χ3v) is 4.26. The second-order valence-corrected chi connectivity index (χ2v) is 6.19. The average Bonchev–Trinajstić information content (AvgIpc) is 2.82. The van der Waals surface area contributed by atoms with Crippen LogP contribution in [0.3, 0.4) is 0 Å². The minimum absolute atomic E-state index is 0.0925. The molecule has 0 atom stereocenters.